The van der Waals surface area contributed by atoms with Crippen LogP contribution in [0.2, 0.25) is 0 Å². The van der Waals surface area contributed by atoms with Gasteiger partial charge in [0.1, 0.15) is 11.4 Å². The molecule has 2 aromatic rings. The first kappa shape index (κ1) is 19.7. The summed E-state index contributed by atoms with van der Waals surface area (Å²) in [6.45, 7) is 2.80. The number of amides is 4. The number of H-pyrrole nitrogens is 1. The van der Waals surface area contributed by atoms with Crippen LogP contribution in [0.25, 0.3) is 10.9 Å². The van der Waals surface area contributed by atoms with Crippen molar-refractivity contribution in [1.29, 1.82) is 0 Å². The predicted molar refractivity (Wildman–Crippen MR) is 104 cm³/mol. The summed E-state index contributed by atoms with van der Waals surface area (Å²) in [5.41, 5.74) is 6.37. The summed E-state index contributed by atoms with van der Waals surface area (Å²) in [5.74, 6) is 0.184. The van der Waals surface area contributed by atoms with E-state index in [-0.39, 0.29) is 11.9 Å². The van der Waals surface area contributed by atoms with Crippen LogP contribution in [-0.4, -0.2) is 72.0 Å². The van der Waals surface area contributed by atoms with Gasteiger partial charge in [0.2, 0.25) is 5.91 Å². The number of imide groups is 1. The van der Waals surface area contributed by atoms with Gasteiger partial charge < -0.3 is 20.4 Å². The Kier molecular flexibility index (Phi) is 5.55. The molecule has 0 saturated carbocycles. The smallest absolute Gasteiger partial charge is 0.318 e. The fraction of sp³-hybridized carbons (Fsp3) is 0.421. The van der Waals surface area contributed by atoms with Crippen LogP contribution in [-0.2, 0) is 4.79 Å². The summed E-state index contributed by atoms with van der Waals surface area (Å²) in [6, 6.07) is 6.05. The van der Waals surface area contributed by atoms with Crippen molar-refractivity contribution in [1.82, 2.24) is 20.1 Å². The first-order chi connectivity index (χ1) is 13.3. The number of aromatic nitrogens is 1. The molecule has 9 nitrogen and oxygen atoms in total. The molecule has 1 fully saturated rings. The third-order valence-electron chi connectivity index (χ3n) is 5.32. The van der Waals surface area contributed by atoms with Crippen molar-refractivity contribution in [3.8, 4) is 5.75 Å². The third-order valence-corrected chi connectivity index (χ3v) is 5.32. The van der Waals surface area contributed by atoms with E-state index in [0.717, 1.165) is 23.1 Å². The molecule has 9 heteroatoms. The lowest BCUT2D eigenvalue weighted by Gasteiger charge is -2.29. The van der Waals surface area contributed by atoms with Gasteiger partial charge in [0.05, 0.1) is 13.2 Å². The van der Waals surface area contributed by atoms with E-state index in [1.165, 1.54) is 0 Å². The topological polar surface area (TPSA) is 121 Å². The first-order valence-electron chi connectivity index (χ1n) is 9.08. The number of carbonyl (C=O) groups is 3. The number of likely N-dealkylation sites (N-methyl/N-ethyl adjacent to an activating group) is 1. The van der Waals surface area contributed by atoms with E-state index < -0.39 is 18.0 Å². The number of hydrogen-bond acceptors (Lipinski definition) is 5. The van der Waals surface area contributed by atoms with Crippen molar-refractivity contribution in [2.24, 2.45) is 5.73 Å². The Morgan fingerprint density at radius 2 is 2.11 bits per heavy atom. The van der Waals surface area contributed by atoms with E-state index in [2.05, 4.69) is 10.3 Å². The summed E-state index contributed by atoms with van der Waals surface area (Å²) >= 11 is 0. The number of nitrogens with two attached hydrogens (primary N) is 1. The minimum absolute atomic E-state index is 0.0158. The van der Waals surface area contributed by atoms with Gasteiger partial charge >= 0.3 is 6.03 Å². The van der Waals surface area contributed by atoms with Gasteiger partial charge in [0, 0.05) is 36.1 Å². The number of likely N-dealkylation sites (tertiary alicyclic amines) is 1. The molecular weight excluding hydrogens is 362 g/mol. The maximum Gasteiger partial charge on any atom is 0.318 e. The second kappa shape index (κ2) is 7.89. The third kappa shape index (κ3) is 3.94. The quantitative estimate of drug-likeness (QED) is 0.704. The summed E-state index contributed by atoms with van der Waals surface area (Å²) in [4.78, 5) is 42.5. The second-order valence-corrected chi connectivity index (χ2v) is 7.02. The molecule has 1 aliphatic rings. The fourth-order valence-corrected chi connectivity index (χ4v) is 3.50. The Morgan fingerprint density at radius 1 is 1.36 bits per heavy atom. The minimum Gasteiger partial charge on any atom is -0.497 e. The molecular formula is C19H25N5O4. The molecule has 0 aliphatic carbocycles. The Balaban J connectivity index is 1.67. The van der Waals surface area contributed by atoms with Gasteiger partial charge in [0.15, 0.2) is 0 Å². The monoisotopic (exact) mass is 387 g/mol. The number of ether oxygens (including phenoxy) is 1. The molecule has 1 aromatic carbocycles. The number of carbonyl (C=O) groups excluding carboxylic acids is 3. The Hall–Kier alpha value is -3.07. The lowest BCUT2D eigenvalue weighted by Crippen LogP contribution is -2.51. The number of benzene rings is 1. The number of hydrogen-bond donors (Lipinski definition) is 3. The second-order valence-electron chi connectivity index (χ2n) is 7.02. The van der Waals surface area contributed by atoms with Crippen molar-refractivity contribution in [2.75, 3.05) is 27.2 Å². The number of fused-ring (bicyclic) bond motifs is 1. The van der Waals surface area contributed by atoms with E-state index in [9.17, 15) is 14.4 Å². The molecule has 2 atom stereocenters. The maximum atomic E-state index is 12.9. The van der Waals surface area contributed by atoms with E-state index >= 15 is 0 Å². The normalized spacial score (nSPS) is 17.7. The number of urea groups is 1. The van der Waals surface area contributed by atoms with Crippen molar-refractivity contribution in [2.45, 2.75) is 25.4 Å². The molecule has 2 heterocycles. The Labute approximate surface area is 162 Å². The molecule has 4 amide bonds. The number of nitrogens with one attached hydrogen (secondary N) is 2. The number of rotatable bonds is 5. The molecule has 0 bridgehead atoms. The fourth-order valence-electron chi connectivity index (χ4n) is 3.50. The molecule has 28 heavy (non-hydrogen) atoms. The molecule has 150 valence electrons. The van der Waals surface area contributed by atoms with Gasteiger partial charge in [-0.2, -0.15) is 0 Å². The van der Waals surface area contributed by atoms with Gasteiger partial charge in [-0.1, -0.05) is 0 Å². The van der Waals surface area contributed by atoms with E-state index in [0.29, 0.717) is 18.8 Å². The van der Waals surface area contributed by atoms with Crippen molar-refractivity contribution in [3.63, 3.8) is 0 Å². The highest BCUT2D eigenvalue weighted by atomic mass is 16.5. The summed E-state index contributed by atoms with van der Waals surface area (Å²) < 4.78 is 5.22. The highest BCUT2D eigenvalue weighted by Gasteiger charge is 2.33. The zero-order valence-corrected chi connectivity index (χ0v) is 16.2. The van der Waals surface area contributed by atoms with Crippen LogP contribution in [0.1, 0.15) is 23.8 Å². The van der Waals surface area contributed by atoms with E-state index in [4.69, 9.17) is 10.5 Å². The zero-order chi connectivity index (χ0) is 20.4. The summed E-state index contributed by atoms with van der Waals surface area (Å²) in [6.07, 6.45) is 0.741. The Bertz CT molecular complexity index is 909. The van der Waals surface area contributed by atoms with Crippen LogP contribution in [0, 0.1) is 0 Å². The standard InChI is InChI=1S/C19H25N5O4/c1-11(17(25)22-19(20)27)23(2)13-6-7-24(10-13)18(26)16-8-12-4-5-14(28-3)9-15(12)21-16/h4-5,8-9,11,13,21H,6-7,10H2,1-3H3,(H3,20,22,25,27). The van der Waals surface area contributed by atoms with Gasteiger partial charge in [0.25, 0.3) is 5.91 Å². The maximum absolute atomic E-state index is 12.9. The van der Waals surface area contributed by atoms with Crippen molar-refractivity contribution >= 4 is 28.7 Å². The molecule has 3 rings (SSSR count). The zero-order valence-electron chi connectivity index (χ0n) is 16.2. The van der Waals surface area contributed by atoms with Crippen molar-refractivity contribution < 1.29 is 19.1 Å². The van der Waals surface area contributed by atoms with E-state index in [1.54, 1.807) is 26.0 Å². The summed E-state index contributed by atoms with van der Waals surface area (Å²) in [5, 5.41) is 3.03. The molecule has 1 saturated heterocycles. The SMILES string of the molecule is COc1ccc2cc(C(=O)N3CCC(N(C)C(C)C(=O)NC(N)=O)C3)[nH]c2c1. The molecule has 4 N–H and O–H groups in total. The average Bonchev–Trinajstić information content (AvgIpc) is 3.32. The van der Waals surface area contributed by atoms with Crippen LogP contribution in [0.3, 0.4) is 0 Å². The van der Waals surface area contributed by atoms with E-state index in [1.807, 2.05) is 29.2 Å². The Morgan fingerprint density at radius 3 is 2.79 bits per heavy atom. The number of aromatic amines is 1. The van der Waals surface area contributed by atoms with Gasteiger partial charge in [-0.15, -0.1) is 0 Å². The molecule has 0 spiro atoms. The molecule has 1 aliphatic heterocycles. The molecule has 0 radical (unpaired) electrons. The van der Waals surface area contributed by atoms with Gasteiger partial charge in [-0.3, -0.25) is 19.8 Å². The average molecular weight is 387 g/mol. The lowest BCUT2D eigenvalue weighted by atomic mass is 10.1. The lowest BCUT2D eigenvalue weighted by molar-refractivity contribution is -0.124. The van der Waals surface area contributed by atoms with Crippen LogP contribution in [0.15, 0.2) is 24.3 Å². The van der Waals surface area contributed by atoms with Crippen LogP contribution in [0.4, 0.5) is 4.79 Å². The minimum atomic E-state index is -0.871. The first-order valence-corrected chi connectivity index (χ1v) is 9.08. The van der Waals surface area contributed by atoms with Crippen molar-refractivity contribution in [3.05, 3.63) is 30.0 Å². The summed E-state index contributed by atoms with van der Waals surface area (Å²) in [7, 11) is 3.40. The molecule has 1 aromatic heterocycles. The largest absolute Gasteiger partial charge is 0.497 e. The van der Waals surface area contributed by atoms with Gasteiger partial charge in [-0.25, -0.2) is 4.79 Å². The van der Waals surface area contributed by atoms with Crippen LogP contribution in [0.5, 0.6) is 5.75 Å². The number of nitrogens with zero attached hydrogens (tertiary/aromatic N) is 2. The number of primary amides is 1. The van der Waals surface area contributed by atoms with Gasteiger partial charge in [-0.05, 0) is 38.6 Å². The highest BCUT2D eigenvalue weighted by molar-refractivity contribution is 5.98. The predicted octanol–water partition coefficient (Wildman–Crippen LogP) is 0.906. The van der Waals surface area contributed by atoms with Crippen LogP contribution < -0.4 is 15.8 Å². The number of methoxy groups -OCH3 is 1. The molecule has 2 unspecified atom stereocenters. The van der Waals surface area contributed by atoms with Crippen LogP contribution >= 0.6 is 0 Å². The highest BCUT2D eigenvalue weighted by Crippen LogP contribution is 2.24.